The topological polar surface area (TPSA) is 35.2 Å². The first-order valence-corrected chi connectivity index (χ1v) is 6.12. The maximum Gasteiger partial charge on any atom is 0.118 e. The molecule has 0 aromatic heterocycles. The van der Waals surface area contributed by atoms with E-state index in [2.05, 4.69) is 0 Å². The second-order valence-corrected chi connectivity index (χ2v) is 4.82. The summed E-state index contributed by atoms with van der Waals surface area (Å²) >= 11 is 6.21. The second-order valence-electron chi connectivity index (χ2n) is 4.41. The quantitative estimate of drug-likeness (QED) is 0.917. The standard InChI is InChI=1S/C15H16ClNO/c1-15(17,13-5-3-4-6-14(13)16)11-7-9-12(18-2)10-8-11/h3-10H,17H2,1-2H3. The first-order chi connectivity index (χ1) is 8.55. The van der Waals surface area contributed by atoms with Crippen LogP contribution >= 0.6 is 11.6 Å². The van der Waals surface area contributed by atoms with Crippen molar-refractivity contribution in [1.29, 1.82) is 0 Å². The minimum absolute atomic E-state index is 0.620. The predicted molar refractivity (Wildman–Crippen MR) is 75.1 cm³/mol. The van der Waals surface area contributed by atoms with Crippen LogP contribution < -0.4 is 10.5 Å². The largest absolute Gasteiger partial charge is 0.497 e. The molecule has 0 aliphatic carbocycles. The Kier molecular flexibility index (Phi) is 3.60. The maximum atomic E-state index is 6.43. The lowest BCUT2D eigenvalue weighted by atomic mass is 9.85. The lowest BCUT2D eigenvalue weighted by molar-refractivity contribution is 0.414. The van der Waals surface area contributed by atoms with E-state index in [-0.39, 0.29) is 0 Å². The fourth-order valence-electron chi connectivity index (χ4n) is 1.98. The third-order valence-electron chi connectivity index (χ3n) is 3.12. The number of rotatable bonds is 3. The average Bonchev–Trinajstić information content (AvgIpc) is 2.39. The highest BCUT2D eigenvalue weighted by Crippen LogP contribution is 2.32. The van der Waals surface area contributed by atoms with Crippen molar-refractivity contribution in [3.05, 3.63) is 64.7 Å². The van der Waals surface area contributed by atoms with E-state index in [1.165, 1.54) is 0 Å². The van der Waals surface area contributed by atoms with Gasteiger partial charge in [-0.2, -0.15) is 0 Å². The molecule has 2 aromatic carbocycles. The monoisotopic (exact) mass is 261 g/mol. The first-order valence-electron chi connectivity index (χ1n) is 5.74. The average molecular weight is 262 g/mol. The maximum absolute atomic E-state index is 6.43. The lowest BCUT2D eigenvalue weighted by Gasteiger charge is -2.27. The van der Waals surface area contributed by atoms with Gasteiger partial charge in [-0.05, 0) is 36.2 Å². The summed E-state index contributed by atoms with van der Waals surface area (Å²) in [6, 6.07) is 15.4. The molecule has 0 amide bonds. The molecule has 0 radical (unpaired) electrons. The van der Waals surface area contributed by atoms with Gasteiger partial charge in [-0.25, -0.2) is 0 Å². The summed E-state index contributed by atoms with van der Waals surface area (Å²) in [5, 5.41) is 0.679. The van der Waals surface area contributed by atoms with Crippen molar-refractivity contribution in [1.82, 2.24) is 0 Å². The molecule has 0 heterocycles. The van der Waals surface area contributed by atoms with Crippen LogP contribution in [0.15, 0.2) is 48.5 Å². The van der Waals surface area contributed by atoms with Gasteiger partial charge in [0, 0.05) is 5.02 Å². The normalized spacial score (nSPS) is 14.0. The van der Waals surface area contributed by atoms with E-state index in [0.717, 1.165) is 16.9 Å². The van der Waals surface area contributed by atoms with Gasteiger partial charge in [0.05, 0.1) is 12.6 Å². The van der Waals surface area contributed by atoms with Gasteiger partial charge in [-0.3, -0.25) is 0 Å². The minimum atomic E-state index is -0.620. The summed E-state index contributed by atoms with van der Waals surface area (Å²) < 4.78 is 5.14. The number of benzene rings is 2. The lowest BCUT2D eigenvalue weighted by Crippen LogP contribution is -2.34. The summed E-state index contributed by atoms with van der Waals surface area (Å²) in [7, 11) is 1.64. The molecule has 2 N–H and O–H groups in total. The summed E-state index contributed by atoms with van der Waals surface area (Å²) in [6.45, 7) is 1.95. The summed E-state index contributed by atoms with van der Waals surface area (Å²) in [5.41, 5.74) is 7.72. The Labute approximate surface area is 112 Å². The predicted octanol–water partition coefficient (Wildman–Crippen LogP) is 3.57. The number of ether oxygens (including phenoxy) is 1. The van der Waals surface area contributed by atoms with Gasteiger partial charge in [0.25, 0.3) is 0 Å². The van der Waals surface area contributed by atoms with Crippen molar-refractivity contribution >= 4 is 11.6 Å². The summed E-state index contributed by atoms with van der Waals surface area (Å²) in [5.74, 6) is 0.814. The molecule has 2 nitrogen and oxygen atoms in total. The number of nitrogens with two attached hydrogens (primary N) is 1. The molecule has 0 saturated heterocycles. The molecule has 2 aromatic rings. The molecule has 1 atom stereocenters. The van der Waals surface area contributed by atoms with Crippen molar-refractivity contribution < 1.29 is 4.74 Å². The Hall–Kier alpha value is -1.51. The highest BCUT2D eigenvalue weighted by molar-refractivity contribution is 6.31. The summed E-state index contributed by atoms with van der Waals surface area (Å²) in [6.07, 6.45) is 0. The SMILES string of the molecule is COc1ccc(C(C)(N)c2ccccc2Cl)cc1. The van der Waals surface area contributed by atoms with Crippen LogP contribution in [0.4, 0.5) is 0 Å². The molecular formula is C15H16ClNO. The minimum Gasteiger partial charge on any atom is -0.497 e. The molecule has 0 aliphatic rings. The second kappa shape index (κ2) is 5.01. The van der Waals surface area contributed by atoms with E-state index in [0.29, 0.717) is 5.02 Å². The summed E-state index contributed by atoms with van der Waals surface area (Å²) in [4.78, 5) is 0. The van der Waals surface area contributed by atoms with Crippen LogP contribution in [-0.2, 0) is 5.54 Å². The van der Waals surface area contributed by atoms with Gasteiger partial charge in [-0.15, -0.1) is 0 Å². The zero-order valence-corrected chi connectivity index (χ0v) is 11.2. The van der Waals surface area contributed by atoms with Gasteiger partial charge in [-0.1, -0.05) is 41.9 Å². The van der Waals surface area contributed by atoms with Crippen LogP contribution in [-0.4, -0.2) is 7.11 Å². The van der Waals surface area contributed by atoms with Gasteiger partial charge in [0.1, 0.15) is 5.75 Å². The Morgan fingerprint density at radius 1 is 1.06 bits per heavy atom. The zero-order valence-electron chi connectivity index (χ0n) is 10.5. The van der Waals surface area contributed by atoms with Crippen LogP contribution in [0.2, 0.25) is 5.02 Å². The van der Waals surface area contributed by atoms with Crippen LogP contribution in [0.1, 0.15) is 18.1 Å². The number of hydrogen-bond donors (Lipinski definition) is 1. The van der Waals surface area contributed by atoms with Crippen LogP contribution in [0.3, 0.4) is 0 Å². The smallest absolute Gasteiger partial charge is 0.118 e. The highest BCUT2D eigenvalue weighted by atomic mass is 35.5. The van der Waals surface area contributed by atoms with Gasteiger partial charge >= 0.3 is 0 Å². The Balaban J connectivity index is 2.44. The van der Waals surface area contributed by atoms with Crippen LogP contribution in [0, 0.1) is 0 Å². The molecule has 0 saturated carbocycles. The Morgan fingerprint density at radius 2 is 1.67 bits per heavy atom. The number of methoxy groups -OCH3 is 1. The van der Waals surface area contributed by atoms with Gasteiger partial charge in [0.15, 0.2) is 0 Å². The van der Waals surface area contributed by atoms with Crippen molar-refractivity contribution in [2.24, 2.45) is 5.73 Å². The number of hydrogen-bond acceptors (Lipinski definition) is 2. The molecule has 1 unspecified atom stereocenters. The van der Waals surface area contributed by atoms with Crippen molar-refractivity contribution in [3.8, 4) is 5.75 Å². The Bertz CT molecular complexity index is 534. The van der Waals surface area contributed by atoms with Crippen molar-refractivity contribution in [2.45, 2.75) is 12.5 Å². The van der Waals surface area contributed by atoms with E-state index in [9.17, 15) is 0 Å². The van der Waals surface area contributed by atoms with Crippen molar-refractivity contribution in [2.75, 3.05) is 7.11 Å². The van der Waals surface area contributed by atoms with Gasteiger partial charge in [0.2, 0.25) is 0 Å². The van der Waals surface area contributed by atoms with E-state index >= 15 is 0 Å². The molecule has 3 heteroatoms. The molecule has 2 rings (SSSR count). The first kappa shape index (κ1) is 12.9. The fourth-order valence-corrected chi connectivity index (χ4v) is 2.31. The van der Waals surface area contributed by atoms with E-state index in [4.69, 9.17) is 22.1 Å². The van der Waals surface area contributed by atoms with E-state index in [1.807, 2.05) is 55.5 Å². The fraction of sp³-hybridized carbons (Fsp3) is 0.200. The van der Waals surface area contributed by atoms with Gasteiger partial charge < -0.3 is 10.5 Å². The third-order valence-corrected chi connectivity index (χ3v) is 3.45. The molecule has 94 valence electrons. The molecule has 0 fully saturated rings. The highest BCUT2D eigenvalue weighted by Gasteiger charge is 2.25. The van der Waals surface area contributed by atoms with Crippen molar-refractivity contribution in [3.63, 3.8) is 0 Å². The molecular weight excluding hydrogens is 246 g/mol. The molecule has 18 heavy (non-hydrogen) atoms. The molecule has 0 aliphatic heterocycles. The third kappa shape index (κ3) is 2.35. The Morgan fingerprint density at radius 3 is 2.22 bits per heavy atom. The van der Waals surface area contributed by atoms with E-state index < -0.39 is 5.54 Å². The van der Waals surface area contributed by atoms with Crippen LogP contribution in [0.25, 0.3) is 0 Å². The zero-order chi connectivity index (χ0) is 13.2. The molecule has 0 bridgehead atoms. The van der Waals surface area contributed by atoms with Crippen LogP contribution in [0.5, 0.6) is 5.75 Å². The molecule has 0 spiro atoms. The number of halogens is 1. The van der Waals surface area contributed by atoms with E-state index in [1.54, 1.807) is 7.11 Å².